The number of Topliss-reactive ketones (excluding diaryl/α,β-unsaturated/α-hetero) is 1. The number of aryl methyl sites for hydroxylation is 1. The van der Waals surface area contributed by atoms with Crippen LogP contribution in [0.4, 0.5) is 5.69 Å². The highest BCUT2D eigenvalue weighted by molar-refractivity contribution is 6.37. The molecule has 0 aromatic heterocycles. The molecule has 0 fully saturated rings. The molecule has 2 aromatic rings. The number of benzene rings is 2. The largest absolute Gasteiger partial charge is 0.291 e. The monoisotopic (exact) mass is 308 g/mol. The zero-order chi connectivity index (χ0) is 16.4. The molecule has 0 radical (unpaired) electrons. The first-order chi connectivity index (χ1) is 11.1. The summed E-state index contributed by atoms with van der Waals surface area (Å²) in [6, 6.07) is 18.2. The lowest BCUT2D eigenvalue weighted by atomic mass is 10.1. The second-order valence-electron chi connectivity index (χ2n) is 5.66. The van der Waals surface area contributed by atoms with E-state index >= 15 is 0 Å². The Balaban J connectivity index is 2.07. The summed E-state index contributed by atoms with van der Waals surface area (Å²) in [6.45, 7) is 3.57. The van der Waals surface area contributed by atoms with Gasteiger partial charge in [0.05, 0.1) is 5.69 Å². The minimum absolute atomic E-state index is 0.0800. The molecule has 5 heteroatoms. The number of amidine groups is 1. The maximum Gasteiger partial charge on any atom is 0.206 e. The van der Waals surface area contributed by atoms with Crippen LogP contribution in [0.1, 0.15) is 24.2 Å². The molecule has 0 aliphatic carbocycles. The molecule has 23 heavy (non-hydrogen) atoms. The van der Waals surface area contributed by atoms with E-state index in [1.165, 1.54) is 12.5 Å². The summed E-state index contributed by atoms with van der Waals surface area (Å²) in [6.07, 6.45) is -0.174. The number of rotatable bonds is 3. The van der Waals surface area contributed by atoms with Gasteiger partial charge in [-0.2, -0.15) is 0 Å². The lowest BCUT2D eigenvalue weighted by molar-refractivity contribution is -0.112. The zero-order valence-corrected chi connectivity index (χ0v) is 13.5. The highest BCUT2D eigenvalue weighted by Gasteiger charge is 2.30. The summed E-state index contributed by atoms with van der Waals surface area (Å²) in [4.78, 5) is 11.8. The molecular weight excluding hydrogens is 288 g/mol. The van der Waals surface area contributed by atoms with Gasteiger partial charge in [0.15, 0.2) is 5.78 Å². The topological polar surface area (TPSA) is 47.9 Å². The summed E-state index contributed by atoms with van der Waals surface area (Å²) < 4.78 is 0. The molecule has 1 aliphatic heterocycles. The summed E-state index contributed by atoms with van der Waals surface area (Å²) in [7, 11) is 1.81. The molecule has 0 saturated heterocycles. The molecule has 1 heterocycles. The third kappa shape index (κ3) is 3.10. The van der Waals surface area contributed by atoms with Crippen molar-refractivity contribution in [2.75, 3.05) is 12.1 Å². The number of hydrogen-bond acceptors (Lipinski definition) is 5. The molecule has 5 nitrogen and oxygen atoms in total. The summed E-state index contributed by atoms with van der Waals surface area (Å²) in [5.74, 6) is 0.307. The third-order valence-corrected chi connectivity index (χ3v) is 3.81. The van der Waals surface area contributed by atoms with Crippen LogP contribution in [0.5, 0.6) is 0 Å². The number of carbonyl (C=O) groups is 1. The molecule has 0 spiro atoms. The number of ketones is 1. The van der Waals surface area contributed by atoms with Crippen molar-refractivity contribution in [3.8, 4) is 0 Å². The molecule has 0 amide bonds. The number of likely N-dealkylation sites (N-methyl/N-ethyl adjacent to an activating group) is 1. The molecular formula is C18H20N4O. The van der Waals surface area contributed by atoms with Gasteiger partial charge in [-0.25, -0.2) is 10.4 Å². The van der Waals surface area contributed by atoms with Crippen LogP contribution in [-0.2, 0) is 4.79 Å². The number of carbonyl (C=O) groups excluding carboxylic acids is 1. The fourth-order valence-corrected chi connectivity index (χ4v) is 2.59. The molecule has 2 aromatic carbocycles. The standard InChI is InChI=1S/C18H20N4O/c1-13-9-11-16(12-10-13)22-18(15-7-5-4-6-8-15)19-21(3)17(20-22)14(2)23/h4-12,18-19H,1-3H3. The van der Waals surface area contributed by atoms with Crippen molar-refractivity contribution in [3.05, 3.63) is 65.7 Å². The predicted octanol–water partition coefficient (Wildman–Crippen LogP) is 2.85. The van der Waals surface area contributed by atoms with Crippen molar-refractivity contribution in [1.29, 1.82) is 0 Å². The zero-order valence-electron chi connectivity index (χ0n) is 13.5. The van der Waals surface area contributed by atoms with Gasteiger partial charge in [0.1, 0.15) is 6.17 Å². The lowest BCUT2D eigenvalue weighted by Crippen LogP contribution is -2.54. The van der Waals surface area contributed by atoms with Crippen LogP contribution in [0.3, 0.4) is 0 Å². The highest BCUT2D eigenvalue weighted by Crippen LogP contribution is 2.28. The van der Waals surface area contributed by atoms with Crippen molar-refractivity contribution in [2.45, 2.75) is 20.0 Å². The summed E-state index contributed by atoms with van der Waals surface area (Å²) in [5.41, 5.74) is 6.53. The van der Waals surface area contributed by atoms with Gasteiger partial charge in [0.25, 0.3) is 0 Å². The molecule has 1 N–H and O–H groups in total. The van der Waals surface area contributed by atoms with Crippen LogP contribution in [0.2, 0.25) is 0 Å². The van der Waals surface area contributed by atoms with Crippen LogP contribution in [-0.4, -0.2) is 23.7 Å². The highest BCUT2D eigenvalue weighted by atomic mass is 16.1. The number of hydrogen-bond donors (Lipinski definition) is 1. The number of hydrazone groups is 1. The van der Waals surface area contributed by atoms with E-state index in [2.05, 4.69) is 10.5 Å². The van der Waals surface area contributed by atoms with Gasteiger partial charge in [-0.15, -0.1) is 5.10 Å². The van der Waals surface area contributed by atoms with Crippen LogP contribution in [0.15, 0.2) is 59.7 Å². The van der Waals surface area contributed by atoms with Gasteiger partial charge >= 0.3 is 0 Å². The first-order valence-electron chi connectivity index (χ1n) is 7.56. The number of hydrazine groups is 1. The van der Waals surface area contributed by atoms with Crippen molar-refractivity contribution in [2.24, 2.45) is 5.10 Å². The quantitative estimate of drug-likeness (QED) is 0.947. The molecule has 118 valence electrons. The van der Waals surface area contributed by atoms with E-state index < -0.39 is 0 Å². The van der Waals surface area contributed by atoms with E-state index in [0.717, 1.165) is 11.3 Å². The Morgan fingerprint density at radius 3 is 2.35 bits per heavy atom. The minimum Gasteiger partial charge on any atom is -0.291 e. The Morgan fingerprint density at radius 1 is 1.09 bits per heavy atom. The first-order valence-corrected chi connectivity index (χ1v) is 7.56. The Hall–Kier alpha value is -2.66. The maximum atomic E-state index is 11.8. The smallest absolute Gasteiger partial charge is 0.206 e. The average Bonchev–Trinajstić information content (AvgIpc) is 2.56. The number of nitrogens with zero attached hydrogens (tertiary/aromatic N) is 3. The second kappa shape index (κ2) is 6.22. The molecule has 1 aliphatic rings. The second-order valence-corrected chi connectivity index (χ2v) is 5.66. The Kier molecular flexibility index (Phi) is 4.12. The summed E-state index contributed by atoms with van der Waals surface area (Å²) >= 11 is 0. The van der Waals surface area contributed by atoms with E-state index in [4.69, 9.17) is 0 Å². The number of nitrogens with one attached hydrogen (secondary N) is 1. The van der Waals surface area contributed by atoms with Crippen LogP contribution >= 0.6 is 0 Å². The fourth-order valence-electron chi connectivity index (χ4n) is 2.59. The van der Waals surface area contributed by atoms with E-state index in [1.807, 2.05) is 73.6 Å². The van der Waals surface area contributed by atoms with Gasteiger partial charge in [-0.3, -0.25) is 9.80 Å². The predicted molar refractivity (Wildman–Crippen MR) is 91.9 cm³/mol. The average molecular weight is 308 g/mol. The summed E-state index contributed by atoms with van der Waals surface area (Å²) in [5, 5.41) is 8.12. The number of anilines is 1. The maximum absolute atomic E-state index is 11.8. The van der Waals surface area contributed by atoms with Crippen LogP contribution < -0.4 is 10.4 Å². The first kappa shape index (κ1) is 15.2. The minimum atomic E-state index is -0.174. The van der Waals surface area contributed by atoms with Crippen molar-refractivity contribution in [3.63, 3.8) is 0 Å². The normalized spacial score (nSPS) is 17.9. The van der Waals surface area contributed by atoms with Crippen molar-refractivity contribution >= 4 is 17.3 Å². The molecule has 1 unspecified atom stereocenters. The molecule has 1 atom stereocenters. The van der Waals surface area contributed by atoms with Crippen molar-refractivity contribution < 1.29 is 4.79 Å². The SMILES string of the molecule is CC(=O)C1=NN(c2ccc(C)cc2)C(c2ccccc2)NN1C. The van der Waals surface area contributed by atoms with Gasteiger partial charge in [0.2, 0.25) is 5.84 Å². The Bertz CT molecular complexity index is 724. The molecule has 0 bridgehead atoms. The lowest BCUT2D eigenvalue weighted by Gasteiger charge is -2.39. The van der Waals surface area contributed by atoms with Crippen LogP contribution in [0, 0.1) is 6.92 Å². The van der Waals surface area contributed by atoms with Gasteiger partial charge in [-0.05, 0) is 24.6 Å². The van der Waals surface area contributed by atoms with E-state index in [0.29, 0.717) is 5.84 Å². The van der Waals surface area contributed by atoms with E-state index in [9.17, 15) is 4.79 Å². The van der Waals surface area contributed by atoms with Gasteiger partial charge in [0, 0.05) is 14.0 Å². The van der Waals surface area contributed by atoms with Gasteiger partial charge < -0.3 is 0 Å². The van der Waals surface area contributed by atoms with E-state index in [-0.39, 0.29) is 11.9 Å². The Morgan fingerprint density at radius 2 is 1.74 bits per heavy atom. The van der Waals surface area contributed by atoms with Crippen LogP contribution in [0.25, 0.3) is 0 Å². The molecule has 0 saturated carbocycles. The Labute approximate surface area is 136 Å². The molecule has 3 rings (SSSR count). The third-order valence-electron chi connectivity index (χ3n) is 3.81. The van der Waals surface area contributed by atoms with Crippen molar-refractivity contribution in [1.82, 2.24) is 10.4 Å². The van der Waals surface area contributed by atoms with E-state index in [1.54, 1.807) is 5.01 Å². The van der Waals surface area contributed by atoms with Gasteiger partial charge in [-0.1, -0.05) is 48.0 Å². The fraction of sp³-hybridized carbons (Fsp3) is 0.222.